The van der Waals surface area contributed by atoms with Gasteiger partial charge in [-0.15, -0.1) is 0 Å². The monoisotopic (exact) mass is 276 g/mol. The average Bonchev–Trinajstić information content (AvgIpc) is 2.48. The second-order valence-corrected chi connectivity index (χ2v) is 5.23. The fourth-order valence-electron chi connectivity index (χ4n) is 2.59. The van der Waals surface area contributed by atoms with E-state index in [2.05, 4.69) is 13.8 Å². The Morgan fingerprint density at radius 3 is 2.05 bits per heavy atom. The largest absolute Gasteiger partial charge is 0.326 e. The summed E-state index contributed by atoms with van der Waals surface area (Å²) in [4.78, 5) is 14.6. The summed E-state index contributed by atoms with van der Waals surface area (Å²) in [5, 5.41) is 0. The zero-order chi connectivity index (χ0) is 15.0. The summed E-state index contributed by atoms with van der Waals surface area (Å²) in [6.45, 7) is 7.56. The van der Waals surface area contributed by atoms with Crippen molar-refractivity contribution in [2.75, 3.05) is 11.4 Å². The van der Waals surface area contributed by atoms with Crippen molar-refractivity contribution in [3.8, 4) is 0 Å². The summed E-state index contributed by atoms with van der Waals surface area (Å²) in [6, 6.07) is 8.00. The first-order valence-electron chi connectivity index (χ1n) is 7.78. The first-order chi connectivity index (χ1) is 9.67. The molecule has 0 saturated carbocycles. The lowest BCUT2D eigenvalue weighted by Gasteiger charge is -2.26. The lowest BCUT2D eigenvalue weighted by molar-refractivity contribution is -0.122. The van der Waals surface area contributed by atoms with E-state index in [4.69, 9.17) is 5.73 Å². The lowest BCUT2D eigenvalue weighted by Crippen LogP contribution is -2.36. The van der Waals surface area contributed by atoms with Crippen LogP contribution in [0.2, 0.25) is 0 Å². The molecule has 0 aliphatic rings. The van der Waals surface area contributed by atoms with Gasteiger partial charge in [-0.1, -0.05) is 38.8 Å². The molecule has 0 fully saturated rings. The molecule has 0 saturated heterocycles. The van der Waals surface area contributed by atoms with Crippen LogP contribution in [0.25, 0.3) is 0 Å². The number of carbonyl (C=O) groups excluding carboxylic acids is 1. The molecule has 20 heavy (non-hydrogen) atoms. The van der Waals surface area contributed by atoms with Gasteiger partial charge in [-0.3, -0.25) is 4.79 Å². The summed E-state index contributed by atoms with van der Waals surface area (Å²) >= 11 is 0. The summed E-state index contributed by atoms with van der Waals surface area (Å²) in [6.07, 6.45) is 4.06. The van der Waals surface area contributed by atoms with Crippen LogP contribution in [0.4, 0.5) is 5.69 Å². The maximum absolute atomic E-state index is 12.7. The first kappa shape index (κ1) is 16.7. The molecule has 3 nitrogen and oxygen atoms in total. The zero-order valence-electron chi connectivity index (χ0n) is 13.1. The molecule has 2 N–H and O–H groups in total. The van der Waals surface area contributed by atoms with Gasteiger partial charge in [0.25, 0.3) is 0 Å². The van der Waals surface area contributed by atoms with Gasteiger partial charge in [-0.2, -0.15) is 0 Å². The number of amides is 1. The normalized spacial score (nSPS) is 10.8. The van der Waals surface area contributed by atoms with E-state index < -0.39 is 0 Å². The van der Waals surface area contributed by atoms with Crippen LogP contribution in [0.5, 0.6) is 0 Å². The van der Waals surface area contributed by atoms with Crippen molar-refractivity contribution in [2.24, 2.45) is 11.7 Å². The number of hydrogen-bond acceptors (Lipinski definition) is 2. The second kappa shape index (κ2) is 8.75. The molecule has 1 amide bonds. The molecule has 0 aromatic heterocycles. The van der Waals surface area contributed by atoms with Crippen molar-refractivity contribution in [2.45, 2.75) is 53.0 Å². The average molecular weight is 276 g/mol. The highest BCUT2D eigenvalue weighted by molar-refractivity contribution is 5.95. The maximum Gasteiger partial charge on any atom is 0.230 e. The van der Waals surface area contributed by atoms with Gasteiger partial charge in [0.15, 0.2) is 0 Å². The Kier molecular flexibility index (Phi) is 7.31. The predicted octanol–water partition coefficient (Wildman–Crippen LogP) is 3.71. The molecule has 0 radical (unpaired) electrons. The first-order valence-corrected chi connectivity index (χ1v) is 7.78. The highest BCUT2D eigenvalue weighted by Gasteiger charge is 2.22. The maximum atomic E-state index is 12.7. The van der Waals surface area contributed by atoms with Gasteiger partial charge in [0, 0.05) is 24.7 Å². The highest BCUT2D eigenvalue weighted by atomic mass is 16.2. The van der Waals surface area contributed by atoms with Crippen molar-refractivity contribution < 1.29 is 4.79 Å². The van der Waals surface area contributed by atoms with Crippen LogP contribution in [-0.4, -0.2) is 12.5 Å². The Labute approximate surface area is 123 Å². The lowest BCUT2D eigenvalue weighted by atomic mass is 9.96. The van der Waals surface area contributed by atoms with Crippen molar-refractivity contribution >= 4 is 11.6 Å². The van der Waals surface area contributed by atoms with Gasteiger partial charge in [-0.05, 0) is 37.5 Å². The van der Waals surface area contributed by atoms with E-state index in [-0.39, 0.29) is 11.8 Å². The third-order valence-electron chi connectivity index (χ3n) is 3.69. The summed E-state index contributed by atoms with van der Waals surface area (Å²) in [7, 11) is 0. The van der Waals surface area contributed by atoms with Crippen LogP contribution in [0.15, 0.2) is 24.3 Å². The standard InChI is InChI=1S/C17H28N2O/c1-4-7-15(8-5-2)17(20)19(6-3)16-11-9-14(13-18)10-12-16/h9-12,15H,4-8,13,18H2,1-3H3. The minimum atomic E-state index is 0.152. The van der Waals surface area contributed by atoms with E-state index in [9.17, 15) is 4.79 Å². The molecule has 112 valence electrons. The van der Waals surface area contributed by atoms with E-state index >= 15 is 0 Å². The Morgan fingerprint density at radius 1 is 1.10 bits per heavy atom. The Morgan fingerprint density at radius 2 is 1.65 bits per heavy atom. The summed E-state index contributed by atoms with van der Waals surface area (Å²) in [5.41, 5.74) is 7.69. The van der Waals surface area contributed by atoms with Crippen LogP contribution in [0.1, 0.15) is 52.0 Å². The van der Waals surface area contributed by atoms with Gasteiger partial charge in [0.1, 0.15) is 0 Å². The minimum absolute atomic E-state index is 0.152. The zero-order valence-corrected chi connectivity index (χ0v) is 13.1. The fourth-order valence-corrected chi connectivity index (χ4v) is 2.59. The molecule has 0 aliphatic carbocycles. The van der Waals surface area contributed by atoms with E-state index in [0.29, 0.717) is 13.1 Å². The molecular formula is C17H28N2O. The SMILES string of the molecule is CCCC(CCC)C(=O)N(CC)c1ccc(CN)cc1. The van der Waals surface area contributed by atoms with E-state index in [0.717, 1.165) is 36.9 Å². The summed E-state index contributed by atoms with van der Waals surface area (Å²) in [5.74, 6) is 0.413. The van der Waals surface area contributed by atoms with Crippen molar-refractivity contribution in [3.05, 3.63) is 29.8 Å². The van der Waals surface area contributed by atoms with Gasteiger partial charge < -0.3 is 10.6 Å². The van der Waals surface area contributed by atoms with Gasteiger partial charge in [-0.25, -0.2) is 0 Å². The highest BCUT2D eigenvalue weighted by Crippen LogP contribution is 2.22. The second-order valence-electron chi connectivity index (χ2n) is 5.23. The molecule has 1 aromatic rings. The Balaban J connectivity index is 2.88. The Bertz CT molecular complexity index is 394. The van der Waals surface area contributed by atoms with E-state index in [1.807, 2.05) is 36.1 Å². The topological polar surface area (TPSA) is 46.3 Å². The third-order valence-corrected chi connectivity index (χ3v) is 3.69. The van der Waals surface area contributed by atoms with Crippen LogP contribution in [0.3, 0.4) is 0 Å². The molecule has 0 spiro atoms. The van der Waals surface area contributed by atoms with Crippen molar-refractivity contribution in [3.63, 3.8) is 0 Å². The number of nitrogens with two attached hydrogens (primary N) is 1. The van der Waals surface area contributed by atoms with Crippen molar-refractivity contribution in [1.82, 2.24) is 0 Å². The number of carbonyl (C=O) groups is 1. The number of rotatable bonds is 8. The van der Waals surface area contributed by atoms with Crippen LogP contribution >= 0.6 is 0 Å². The fraction of sp³-hybridized carbons (Fsp3) is 0.588. The molecule has 1 rings (SSSR count). The number of benzene rings is 1. The third kappa shape index (κ3) is 4.34. The van der Waals surface area contributed by atoms with E-state index in [1.54, 1.807) is 0 Å². The molecule has 0 unspecified atom stereocenters. The van der Waals surface area contributed by atoms with Gasteiger partial charge in [0.05, 0.1) is 0 Å². The van der Waals surface area contributed by atoms with E-state index in [1.165, 1.54) is 0 Å². The predicted molar refractivity (Wildman–Crippen MR) is 85.7 cm³/mol. The summed E-state index contributed by atoms with van der Waals surface area (Å²) < 4.78 is 0. The number of nitrogens with zero attached hydrogens (tertiary/aromatic N) is 1. The number of hydrogen-bond donors (Lipinski definition) is 1. The quantitative estimate of drug-likeness (QED) is 0.786. The van der Waals surface area contributed by atoms with Crippen molar-refractivity contribution in [1.29, 1.82) is 0 Å². The molecule has 0 atom stereocenters. The molecule has 0 aliphatic heterocycles. The Hall–Kier alpha value is -1.35. The van der Waals surface area contributed by atoms with Gasteiger partial charge >= 0.3 is 0 Å². The number of anilines is 1. The smallest absolute Gasteiger partial charge is 0.230 e. The van der Waals surface area contributed by atoms with Gasteiger partial charge in [0.2, 0.25) is 5.91 Å². The molecule has 0 bridgehead atoms. The molecular weight excluding hydrogens is 248 g/mol. The van der Waals surface area contributed by atoms with Crippen LogP contribution < -0.4 is 10.6 Å². The minimum Gasteiger partial charge on any atom is -0.326 e. The van der Waals surface area contributed by atoms with Crippen LogP contribution in [-0.2, 0) is 11.3 Å². The van der Waals surface area contributed by atoms with Crippen LogP contribution in [0, 0.1) is 5.92 Å². The molecule has 1 aromatic carbocycles. The molecule has 3 heteroatoms. The molecule has 0 heterocycles.